The van der Waals surface area contributed by atoms with Gasteiger partial charge in [0.25, 0.3) is 5.91 Å². The fourth-order valence-electron chi connectivity index (χ4n) is 4.21. The van der Waals surface area contributed by atoms with Crippen LogP contribution in [0.3, 0.4) is 0 Å². The molecule has 1 saturated carbocycles. The molecular weight excluding hydrogens is 430 g/mol. The smallest absolute Gasteiger partial charge is 0.306 e. The topological polar surface area (TPSA) is 70.8 Å². The average molecular weight is 456 g/mol. The highest BCUT2D eigenvalue weighted by Gasteiger charge is 2.39. The van der Waals surface area contributed by atoms with Gasteiger partial charge in [-0.1, -0.05) is 61.6 Å². The molecule has 2 fully saturated rings. The fourth-order valence-corrected chi connectivity index (χ4v) is 5.60. The normalized spacial score (nSPS) is 23.0. The van der Waals surface area contributed by atoms with Gasteiger partial charge in [0.1, 0.15) is 15.8 Å². The highest BCUT2D eigenvalue weighted by molar-refractivity contribution is 8.26. The zero-order chi connectivity index (χ0) is 22.0. The minimum atomic E-state index is -0.752. The number of amides is 1. The lowest BCUT2D eigenvalue weighted by atomic mass is 9.85. The van der Waals surface area contributed by atoms with Gasteiger partial charge < -0.3 is 9.52 Å². The van der Waals surface area contributed by atoms with Crippen molar-refractivity contribution < 1.29 is 19.1 Å². The van der Waals surface area contributed by atoms with Crippen LogP contribution in [-0.2, 0) is 16.0 Å². The Labute approximate surface area is 191 Å². The Morgan fingerprint density at radius 3 is 2.55 bits per heavy atom. The Hall–Kier alpha value is -2.38. The van der Waals surface area contributed by atoms with E-state index in [2.05, 4.69) is 31.2 Å². The third-order valence-electron chi connectivity index (χ3n) is 5.91. The van der Waals surface area contributed by atoms with E-state index in [0.717, 1.165) is 24.2 Å². The number of carbonyl (C=O) groups excluding carboxylic acids is 1. The molecule has 1 saturated heterocycles. The molecule has 5 nitrogen and oxygen atoms in total. The first-order valence-electron chi connectivity index (χ1n) is 10.6. The van der Waals surface area contributed by atoms with Gasteiger partial charge in [-0.25, -0.2) is 0 Å². The molecular formula is C24H25NO4S2. The first-order valence-corrected chi connectivity index (χ1v) is 11.9. The lowest BCUT2D eigenvalue weighted by molar-refractivity contribution is -0.143. The number of hydrogen-bond donors (Lipinski definition) is 1. The number of benzene rings is 1. The second kappa shape index (κ2) is 9.40. The zero-order valence-corrected chi connectivity index (χ0v) is 19.0. The van der Waals surface area contributed by atoms with Gasteiger partial charge in [0, 0.05) is 17.7 Å². The van der Waals surface area contributed by atoms with E-state index in [1.54, 1.807) is 11.0 Å². The van der Waals surface area contributed by atoms with Crippen molar-refractivity contribution in [2.45, 2.75) is 51.5 Å². The van der Waals surface area contributed by atoms with Gasteiger partial charge in [-0.3, -0.25) is 14.5 Å². The van der Waals surface area contributed by atoms with Crippen molar-refractivity contribution in [1.29, 1.82) is 0 Å². The van der Waals surface area contributed by atoms with E-state index in [9.17, 15) is 14.7 Å². The summed E-state index contributed by atoms with van der Waals surface area (Å²) in [4.78, 5) is 26.4. The second-order valence-electron chi connectivity index (χ2n) is 8.04. The van der Waals surface area contributed by atoms with Gasteiger partial charge in [-0.15, -0.1) is 0 Å². The van der Waals surface area contributed by atoms with Crippen LogP contribution in [0.2, 0.25) is 0 Å². The van der Waals surface area contributed by atoms with Crippen LogP contribution >= 0.6 is 24.0 Å². The maximum Gasteiger partial charge on any atom is 0.306 e. The predicted molar refractivity (Wildman–Crippen MR) is 127 cm³/mol. The van der Waals surface area contributed by atoms with Gasteiger partial charge in [-0.2, -0.15) is 0 Å². The molecule has 2 heterocycles. The Morgan fingerprint density at radius 1 is 1.19 bits per heavy atom. The summed E-state index contributed by atoms with van der Waals surface area (Å²) < 4.78 is 6.50. The van der Waals surface area contributed by atoms with Crippen molar-refractivity contribution in [3.8, 4) is 11.3 Å². The SMILES string of the molecule is CCCc1ccc(-c2ccc(C=C3SC(=S)N(C4CCC(C(=O)O)CC4)C3=O)o2)cc1. The number of carbonyl (C=O) groups is 2. The minimum Gasteiger partial charge on any atom is -0.481 e. The van der Waals surface area contributed by atoms with Gasteiger partial charge in [0.05, 0.1) is 10.8 Å². The molecule has 4 rings (SSSR count). The van der Waals surface area contributed by atoms with Gasteiger partial charge >= 0.3 is 5.97 Å². The minimum absolute atomic E-state index is 0.0252. The quantitative estimate of drug-likeness (QED) is 0.442. The van der Waals surface area contributed by atoms with E-state index in [4.69, 9.17) is 16.6 Å². The molecule has 0 atom stereocenters. The number of aryl methyl sites for hydroxylation is 1. The first kappa shape index (κ1) is 21.8. The molecule has 31 heavy (non-hydrogen) atoms. The van der Waals surface area contributed by atoms with E-state index in [-0.39, 0.29) is 17.9 Å². The molecule has 7 heteroatoms. The van der Waals surface area contributed by atoms with Crippen LogP contribution in [0.4, 0.5) is 0 Å². The highest BCUT2D eigenvalue weighted by atomic mass is 32.2. The van der Waals surface area contributed by atoms with Crippen molar-refractivity contribution in [1.82, 2.24) is 4.90 Å². The molecule has 162 valence electrons. The number of carboxylic acids is 1. The molecule has 2 aromatic rings. The van der Waals surface area contributed by atoms with Crippen molar-refractivity contribution in [3.63, 3.8) is 0 Å². The number of carboxylic acid groups (broad SMARTS) is 1. The van der Waals surface area contributed by atoms with Crippen LogP contribution in [0.15, 0.2) is 45.7 Å². The zero-order valence-electron chi connectivity index (χ0n) is 17.4. The number of aliphatic carboxylic acids is 1. The molecule has 0 unspecified atom stereocenters. The molecule has 0 bridgehead atoms. The van der Waals surface area contributed by atoms with Crippen molar-refractivity contribution in [3.05, 3.63) is 52.6 Å². The number of hydrogen-bond acceptors (Lipinski definition) is 5. The summed E-state index contributed by atoms with van der Waals surface area (Å²) in [6, 6.07) is 12.1. The Morgan fingerprint density at radius 2 is 1.90 bits per heavy atom. The molecule has 0 spiro atoms. The largest absolute Gasteiger partial charge is 0.481 e. The van der Waals surface area contributed by atoms with E-state index in [0.29, 0.717) is 40.7 Å². The molecule has 1 aromatic carbocycles. The van der Waals surface area contributed by atoms with Crippen molar-refractivity contribution in [2.24, 2.45) is 5.92 Å². The van der Waals surface area contributed by atoms with Crippen LogP contribution in [0.5, 0.6) is 0 Å². The summed E-state index contributed by atoms with van der Waals surface area (Å²) in [5.41, 5.74) is 2.31. The predicted octanol–water partition coefficient (Wildman–Crippen LogP) is 5.74. The van der Waals surface area contributed by atoms with Gasteiger partial charge in [-0.05, 0) is 49.8 Å². The summed E-state index contributed by atoms with van der Waals surface area (Å²) in [6.07, 6.45) is 6.40. The maximum absolute atomic E-state index is 13.0. The lowest BCUT2D eigenvalue weighted by Gasteiger charge is -2.32. The number of furan rings is 1. The average Bonchev–Trinajstić information content (AvgIpc) is 3.33. The van der Waals surface area contributed by atoms with E-state index in [1.807, 2.05) is 12.1 Å². The Kier molecular flexibility index (Phi) is 6.62. The van der Waals surface area contributed by atoms with E-state index >= 15 is 0 Å². The number of rotatable bonds is 6. The van der Waals surface area contributed by atoms with Crippen LogP contribution in [-0.4, -0.2) is 32.2 Å². The molecule has 2 aliphatic rings. The second-order valence-corrected chi connectivity index (χ2v) is 9.72. The monoisotopic (exact) mass is 455 g/mol. The Balaban J connectivity index is 1.45. The summed E-state index contributed by atoms with van der Waals surface area (Å²) in [6.45, 7) is 2.16. The van der Waals surface area contributed by atoms with Crippen LogP contribution < -0.4 is 0 Å². The molecule has 1 amide bonds. The molecule has 1 aliphatic carbocycles. The summed E-state index contributed by atoms with van der Waals surface area (Å²) in [5, 5.41) is 9.19. The third-order valence-corrected chi connectivity index (χ3v) is 7.24. The number of nitrogens with zero attached hydrogens (tertiary/aromatic N) is 1. The summed E-state index contributed by atoms with van der Waals surface area (Å²) in [5.74, 6) is 0.190. The summed E-state index contributed by atoms with van der Waals surface area (Å²) >= 11 is 6.75. The summed E-state index contributed by atoms with van der Waals surface area (Å²) in [7, 11) is 0. The van der Waals surface area contributed by atoms with Crippen LogP contribution in [0, 0.1) is 5.92 Å². The molecule has 1 aromatic heterocycles. The van der Waals surface area contributed by atoms with Crippen molar-refractivity contribution in [2.75, 3.05) is 0 Å². The third kappa shape index (κ3) is 4.77. The van der Waals surface area contributed by atoms with Crippen LogP contribution in [0.25, 0.3) is 17.4 Å². The van der Waals surface area contributed by atoms with Crippen LogP contribution in [0.1, 0.15) is 50.4 Å². The molecule has 1 aliphatic heterocycles. The first-order chi connectivity index (χ1) is 15.0. The standard InChI is InChI=1S/C24H25NO4S2/c1-2-3-15-4-6-16(7-5-15)20-13-12-19(29-20)14-21-22(26)25(24(30)31-21)18-10-8-17(9-11-18)23(27)28/h4-7,12-14,17-18H,2-3,8-11H2,1H3,(H,27,28). The van der Waals surface area contributed by atoms with Gasteiger partial charge in [0.15, 0.2) is 0 Å². The van der Waals surface area contributed by atoms with Gasteiger partial charge in [0.2, 0.25) is 0 Å². The van der Waals surface area contributed by atoms with E-state index < -0.39 is 5.97 Å². The maximum atomic E-state index is 13.0. The van der Waals surface area contributed by atoms with E-state index in [1.165, 1.54) is 17.3 Å². The molecule has 1 N–H and O–H groups in total. The van der Waals surface area contributed by atoms with Crippen molar-refractivity contribution >= 4 is 46.3 Å². The fraction of sp³-hybridized carbons (Fsp3) is 0.375. The number of thioether (sulfide) groups is 1. The Bertz CT molecular complexity index is 1020. The lowest BCUT2D eigenvalue weighted by Crippen LogP contribution is -2.41. The molecule has 0 radical (unpaired) electrons. The number of thiocarbonyl (C=S) groups is 1. The highest BCUT2D eigenvalue weighted by Crippen LogP contribution is 2.38.